The van der Waals surface area contributed by atoms with E-state index in [0.29, 0.717) is 5.91 Å². The van der Waals surface area contributed by atoms with Crippen LogP contribution in [0, 0.1) is 5.92 Å². The highest BCUT2D eigenvalue weighted by Crippen LogP contribution is 2.33. The molecule has 0 radical (unpaired) electrons. The second-order valence-corrected chi connectivity index (χ2v) is 7.89. The minimum Gasteiger partial charge on any atom is -0.342 e. The fourth-order valence-corrected chi connectivity index (χ4v) is 4.27. The minimum absolute atomic E-state index is 0.253. The summed E-state index contributed by atoms with van der Waals surface area (Å²) in [5.74, 6) is 0.871. The normalized spacial score (nSPS) is 21.3. The van der Waals surface area contributed by atoms with Crippen molar-refractivity contribution in [2.45, 2.75) is 44.6 Å². The topological polar surface area (TPSA) is 67.2 Å². The summed E-state index contributed by atoms with van der Waals surface area (Å²) < 4.78 is 1.97. The third-order valence-electron chi connectivity index (χ3n) is 5.74. The van der Waals surface area contributed by atoms with Gasteiger partial charge in [0.15, 0.2) is 5.65 Å². The van der Waals surface area contributed by atoms with Crippen LogP contribution < -0.4 is 0 Å². The number of nitrogens with zero attached hydrogens (tertiary/aromatic N) is 6. The molecule has 26 heavy (non-hydrogen) atoms. The molecule has 0 N–H and O–H groups in total. The molecule has 1 atom stereocenters. The van der Waals surface area contributed by atoms with Gasteiger partial charge < -0.3 is 9.80 Å². The van der Waals surface area contributed by atoms with Crippen LogP contribution in [0.3, 0.4) is 0 Å². The molecule has 1 aliphatic carbocycles. The lowest BCUT2D eigenvalue weighted by molar-refractivity contribution is -0.134. The second kappa shape index (κ2) is 7.31. The Labute approximate surface area is 154 Å². The van der Waals surface area contributed by atoms with Crippen LogP contribution in [-0.2, 0) is 11.3 Å². The van der Waals surface area contributed by atoms with Gasteiger partial charge in [0, 0.05) is 43.9 Å². The Morgan fingerprint density at radius 1 is 1.19 bits per heavy atom. The molecule has 2 fully saturated rings. The lowest BCUT2D eigenvalue weighted by Crippen LogP contribution is -2.33. The SMILES string of the molecule is CN(C)CCn1nc(C2CCN(C(=O)C3CCCC3)C2)c2nccnc21. The summed E-state index contributed by atoms with van der Waals surface area (Å²) in [7, 11) is 4.11. The molecule has 1 aliphatic heterocycles. The van der Waals surface area contributed by atoms with Crippen LogP contribution >= 0.6 is 0 Å². The van der Waals surface area contributed by atoms with Crippen molar-refractivity contribution in [2.24, 2.45) is 5.92 Å². The highest BCUT2D eigenvalue weighted by Gasteiger charge is 2.35. The molecule has 7 nitrogen and oxygen atoms in total. The number of likely N-dealkylation sites (N-methyl/N-ethyl adjacent to an activating group) is 1. The number of likely N-dealkylation sites (tertiary alicyclic amines) is 1. The summed E-state index contributed by atoms with van der Waals surface area (Å²) in [5, 5.41) is 4.86. The zero-order valence-electron chi connectivity index (χ0n) is 15.8. The molecule has 1 unspecified atom stereocenters. The molecule has 4 rings (SSSR count). The van der Waals surface area contributed by atoms with Gasteiger partial charge in [0.25, 0.3) is 0 Å². The van der Waals surface area contributed by atoms with Crippen LogP contribution in [0.25, 0.3) is 11.2 Å². The summed E-state index contributed by atoms with van der Waals surface area (Å²) in [6.07, 6.45) is 8.95. The number of fused-ring (bicyclic) bond motifs is 1. The predicted octanol–water partition coefficient (Wildman–Crippen LogP) is 1.89. The first-order chi connectivity index (χ1) is 12.6. The summed E-state index contributed by atoms with van der Waals surface area (Å²) >= 11 is 0. The van der Waals surface area contributed by atoms with Gasteiger partial charge in [0.2, 0.25) is 5.91 Å². The van der Waals surface area contributed by atoms with Crippen molar-refractivity contribution in [3.8, 4) is 0 Å². The van der Waals surface area contributed by atoms with Gasteiger partial charge in [-0.15, -0.1) is 0 Å². The molecule has 1 saturated carbocycles. The van der Waals surface area contributed by atoms with Crippen LogP contribution in [-0.4, -0.2) is 69.2 Å². The second-order valence-electron chi connectivity index (χ2n) is 7.89. The monoisotopic (exact) mass is 356 g/mol. The number of carbonyl (C=O) groups excluding carboxylic acids is 1. The average Bonchev–Trinajstić information content (AvgIpc) is 3.38. The summed E-state index contributed by atoms with van der Waals surface area (Å²) in [5.41, 5.74) is 2.75. The molecule has 0 spiro atoms. The van der Waals surface area contributed by atoms with Gasteiger partial charge in [-0.3, -0.25) is 4.79 Å². The Bertz CT molecular complexity index is 779. The molecule has 140 valence electrons. The van der Waals surface area contributed by atoms with Gasteiger partial charge >= 0.3 is 0 Å². The molecule has 3 heterocycles. The van der Waals surface area contributed by atoms with Gasteiger partial charge in [-0.05, 0) is 33.4 Å². The van der Waals surface area contributed by atoms with Gasteiger partial charge in [-0.25, -0.2) is 14.6 Å². The van der Waals surface area contributed by atoms with E-state index < -0.39 is 0 Å². The van der Waals surface area contributed by atoms with Gasteiger partial charge in [-0.2, -0.15) is 5.10 Å². The van der Waals surface area contributed by atoms with Crippen molar-refractivity contribution in [3.05, 3.63) is 18.1 Å². The maximum atomic E-state index is 12.7. The molecular formula is C19H28N6O. The first kappa shape index (κ1) is 17.4. The summed E-state index contributed by atoms with van der Waals surface area (Å²) in [6.45, 7) is 3.31. The lowest BCUT2D eigenvalue weighted by Gasteiger charge is -2.20. The highest BCUT2D eigenvalue weighted by atomic mass is 16.2. The largest absolute Gasteiger partial charge is 0.342 e. The molecule has 1 amide bonds. The van der Waals surface area contributed by atoms with Crippen molar-refractivity contribution in [1.82, 2.24) is 29.5 Å². The fourth-order valence-electron chi connectivity index (χ4n) is 4.27. The average molecular weight is 356 g/mol. The lowest BCUT2D eigenvalue weighted by atomic mass is 10.0. The third-order valence-corrected chi connectivity index (χ3v) is 5.74. The molecule has 2 aliphatic rings. The molecule has 7 heteroatoms. The zero-order chi connectivity index (χ0) is 18.1. The van der Waals surface area contributed by atoms with Crippen LogP contribution in [0.4, 0.5) is 0 Å². The van der Waals surface area contributed by atoms with Crippen molar-refractivity contribution in [3.63, 3.8) is 0 Å². The van der Waals surface area contributed by atoms with Gasteiger partial charge in [-0.1, -0.05) is 12.8 Å². The first-order valence-electron chi connectivity index (χ1n) is 9.74. The standard InChI is InChI=1S/C19H28N6O/c1-23(2)11-12-25-18-17(20-8-9-21-18)16(22-25)15-7-10-24(13-15)19(26)14-5-3-4-6-14/h8-9,14-15H,3-7,10-13H2,1-2H3. The number of aromatic nitrogens is 4. The van der Waals surface area contributed by atoms with E-state index in [2.05, 4.69) is 33.9 Å². The summed E-state index contributed by atoms with van der Waals surface area (Å²) in [4.78, 5) is 26.0. The minimum atomic E-state index is 0.253. The quantitative estimate of drug-likeness (QED) is 0.818. The number of carbonyl (C=O) groups is 1. The van der Waals surface area contributed by atoms with E-state index in [-0.39, 0.29) is 11.8 Å². The predicted molar refractivity (Wildman–Crippen MR) is 99.8 cm³/mol. The number of hydrogen-bond donors (Lipinski definition) is 0. The van der Waals surface area contributed by atoms with E-state index >= 15 is 0 Å². The Morgan fingerprint density at radius 3 is 2.73 bits per heavy atom. The fraction of sp³-hybridized carbons (Fsp3) is 0.684. The van der Waals surface area contributed by atoms with Gasteiger partial charge in [0.05, 0.1) is 12.2 Å². The first-order valence-corrected chi connectivity index (χ1v) is 9.74. The molecule has 2 aromatic heterocycles. The zero-order valence-corrected chi connectivity index (χ0v) is 15.8. The Balaban J connectivity index is 1.54. The van der Waals surface area contributed by atoms with Crippen molar-refractivity contribution in [1.29, 1.82) is 0 Å². The Morgan fingerprint density at radius 2 is 1.96 bits per heavy atom. The van der Waals surface area contributed by atoms with Crippen LogP contribution in [0.15, 0.2) is 12.4 Å². The Hall–Kier alpha value is -2.02. The van der Waals surface area contributed by atoms with E-state index in [4.69, 9.17) is 5.10 Å². The maximum absolute atomic E-state index is 12.7. The highest BCUT2D eigenvalue weighted by molar-refractivity contribution is 5.80. The van der Waals surface area contributed by atoms with Crippen LogP contribution in [0.2, 0.25) is 0 Å². The van der Waals surface area contributed by atoms with Crippen molar-refractivity contribution >= 4 is 17.1 Å². The number of rotatable bonds is 5. The number of amides is 1. The van der Waals surface area contributed by atoms with E-state index in [9.17, 15) is 4.79 Å². The van der Waals surface area contributed by atoms with Crippen LogP contribution in [0.5, 0.6) is 0 Å². The Kier molecular flexibility index (Phi) is 4.89. The van der Waals surface area contributed by atoms with Crippen molar-refractivity contribution < 1.29 is 4.79 Å². The maximum Gasteiger partial charge on any atom is 0.225 e. The molecule has 2 aromatic rings. The summed E-state index contributed by atoms with van der Waals surface area (Å²) in [6, 6.07) is 0. The third kappa shape index (κ3) is 3.32. The smallest absolute Gasteiger partial charge is 0.225 e. The number of hydrogen-bond acceptors (Lipinski definition) is 5. The van der Waals surface area contributed by atoms with Crippen LogP contribution in [0.1, 0.15) is 43.7 Å². The van der Waals surface area contributed by atoms with E-state index in [1.54, 1.807) is 12.4 Å². The molecule has 0 bridgehead atoms. The van der Waals surface area contributed by atoms with Gasteiger partial charge in [0.1, 0.15) is 5.52 Å². The van der Waals surface area contributed by atoms with E-state index in [0.717, 1.165) is 62.3 Å². The molecule has 0 aromatic carbocycles. The molecule has 1 saturated heterocycles. The van der Waals surface area contributed by atoms with E-state index in [1.807, 2.05) is 4.68 Å². The molecular weight excluding hydrogens is 328 g/mol. The van der Waals surface area contributed by atoms with Crippen molar-refractivity contribution in [2.75, 3.05) is 33.7 Å². The van der Waals surface area contributed by atoms with E-state index in [1.165, 1.54) is 12.8 Å².